The number of phenolic OH excluding ortho intramolecular Hbond substituents is 1. The maximum Gasteiger partial charge on any atom is 0.216 e. The molecule has 6 rings (SSSR count). The van der Waals surface area contributed by atoms with Crippen LogP contribution in [0.2, 0.25) is 0 Å². The molecule has 1 aromatic carbocycles. The molecule has 0 spiro atoms. The zero-order valence-corrected chi connectivity index (χ0v) is 19.2. The summed E-state index contributed by atoms with van der Waals surface area (Å²) in [5.74, 6) is 0.230. The zero-order valence-electron chi connectivity index (χ0n) is 19.2. The molecule has 3 fully saturated rings. The van der Waals surface area contributed by atoms with E-state index in [2.05, 4.69) is 30.4 Å². The van der Waals surface area contributed by atoms with Gasteiger partial charge in [0.05, 0.1) is 24.9 Å². The molecule has 0 radical (unpaired) electrons. The van der Waals surface area contributed by atoms with Crippen molar-refractivity contribution < 1.29 is 18.6 Å². The molecule has 182 valence electrons. The summed E-state index contributed by atoms with van der Waals surface area (Å²) in [5.41, 5.74) is 1.50. The van der Waals surface area contributed by atoms with Gasteiger partial charge in [-0.2, -0.15) is 9.37 Å². The number of alkyl halides is 1. The lowest BCUT2D eigenvalue weighted by Crippen LogP contribution is -2.57. The number of hydrogen-bond donors (Lipinski definition) is 2. The van der Waals surface area contributed by atoms with Gasteiger partial charge in [-0.15, -0.1) is 10.2 Å². The van der Waals surface area contributed by atoms with E-state index in [1.165, 1.54) is 19.2 Å². The molecule has 10 heteroatoms. The lowest BCUT2D eigenvalue weighted by molar-refractivity contribution is 0.171. The molecule has 4 atom stereocenters. The molecular weight excluding hydrogens is 454 g/mol. The zero-order chi connectivity index (χ0) is 24.1. The van der Waals surface area contributed by atoms with E-state index in [1.807, 2.05) is 0 Å². The number of hydrogen-bond acceptors (Lipinski definition) is 8. The van der Waals surface area contributed by atoms with Gasteiger partial charge in [0.1, 0.15) is 11.9 Å². The summed E-state index contributed by atoms with van der Waals surface area (Å²) >= 11 is 0. The minimum absolute atomic E-state index is 0.0639. The third-order valence-corrected chi connectivity index (χ3v) is 7.22. The van der Waals surface area contributed by atoms with Crippen LogP contribution in [0.1, 0.15) is 32.1 Å². The first-order chi connectivity index (χ1) is 17.0. The molecule has 3 aromatic rings. The Labute approximate surface area is 201 Å². The van der Waals surface area contributed by atoms with Crippen molar-refractivity contribution in [2.45, 2.75) is 62.4 Å². The van der Waals surface area contributed by atoms with Gasteiger partial charge in [0.25, 0.3) is 0 Å². The van der Waals surface area contributed by atoms with Gasteiger partial charge in [0, 0.05) is 30.3 Å². The number of fused-ring (bicyclic) bond motifs is 2. The van der Waals surface area contributed by atoms with Gasteiger partial charge in [-0.05, 0) is 55.4 Å². The Balaban J connectivity index is 1.26. The molecular formula is C25H26F2N6O2. The van der Waals surface area contributed by atoms with Crippen LogP contribution in [0.15, 0.2) is 36.5 Å². The average Bonchev–Trinajstić information content (AvgIpc) is 3.62. The molecule has 2 aromatic heterocycles. The molecule has 1 aliphatic carbocycles. The number of rotatable bonds is 6. The van der Waals surface area contributed by atoms with Crippen LogP contribution >= 0.6 is 0 Å². The van der Waals surface area contributed by atoms with Crippen LogP contribution < -0.4 is 15.0 Å². The summed E-state index contributed by atoms with van der Waals surface area (Å²) in [5, 5.41) is 22.7. The Morgan fingerprint density at radius 2 is 1.94 bits per heavy atom. The van der Waals surface area contributed by atoms with E-state index in [9.17, 15) is 9.50 Å². The minimum Gasteiger partial charge on any atom is -0.507 e. The Morgan fingerprint density at radius 3 is 2.66 bits per heavy atom. The number of methoxy groups -OCH3 is 1. The summed E-state index contributed by atoms with van der Waals surface area (Å²) in [4.78, 5) is 10.2. The summed E-state index contributed by atoms with van der Waals surface area (Å²) in [6.45, 7) is 0. The Kier molecular flexibility index (Phi) is 5.47. The highest BCUT2D eigenvalue weighted by Crippen LogP contribution is 2.40. The van der Waals surface area contributed by atoms with Gasteiger partial charge in [0.2, 0.25) is 11.8 Å². The van der Waals surface area contributed by atoms with Crippen molar-refractivity contribution in [2.75, 3.05) is 12.0 Å². The molecule has 1 saturated carbocycles. The van der Waals surface area contributed by atoms with E-state index >= 15 is 4.39 Å². The summed E-state index contributed by atoms with van der Waals surface area (Å²) in [6.07, 6.45) is 5.32. The fraction of sp³-hybridized carbons (Fsp3) is 0.440. The van der Waals surface area contributed by atoms with Crippen LogP contribution in [-0.4, -0.2) is 62.7 Å². The number of halogens is 2. The van der Waals surface area contributed by atoms with Crippen molar-refractivity contribution in [2.24, 2.45) is 0 Å². The molecule has 0 amide bonds. The molecule has 2 N–H and O–H groups in total. The predicted molar refractivity (Wildman–Crippen MR) is 125 cm³/mol. The fourth-order valence-corrected chi connectivity index (χ4v) is 5.38. The molecule has 0 unspecified atom stereocenters. The third kappa shape index (κ3) is 4.16. The molecule has 2 saturated heterocycles. The number of ether oxygens (including phenoxy) is 1. The third-order valence-electron chi connectivity index (χ3n) is 7.22. The highest BCUT2D eigenvalue weighted by molar-refractivity contribution is 5.73. The molecule has 3 aliphatic rings. The maximum atomic E-state index is 15.3. The standard InChI is InChI=1S/C25H26F2N6O2/c1-35-23-10-14(9-21(26)30-23)13-2-6-17(20(34)8-13)25-28-12-22(31-32-25)33(16-4-5-16)19-11-15-3-7-18(29-15)24(19)27/h2,6,8-10,12,15-16,18-19,24,29,34H,3-5,7,11H2,1H3/t15-,18+,19-,24+/m0/s1. The lowest BCUT2D eigenvalue weighted by Gasteiger charge is -2.40. The Hall–Kier alpha value is -3.40. The number of benzene rings is 1. The van der Waals surface area contributed by atoms with Crippen LogP contribution in [0.3, 0.4) is 0 Å². The van der Waals surface area contributed by atoms with Gasteiger partial charge in [-0.1, -0.05) is 6.07 Å². The number of anilines is 1. The van der Waals surface area contributed by atoms with Gasteiger partial charge in [-0.3, -0.25) is 0 Å². The molecule has 8 nitrogen and oxygen atoms in total. The summed E-state index contributed by atoms with van der Waals surface area (Å²) in [6, 6.07) is 8.05. The second-order valence-electron chi connectivity index (χ2n) is 9.53. The van der Waals surface area contributed by atoms with E-state index < -0.39 is 12.1 Å². The van der Waals surface area contributed by atoms with Gasteiger partial charge < -0.3 is 20.1 Å². The number of piperidine rings is 1. The summed E-state index contributed by atoms with van der Waals surface area (Å²) < 4.78 is 34.1. The maximum absolute atomic E-state index is 15.3. The second-order valence-corrected chi connectivity index (χ2v) is 9.53. The number of nitrogens with one attached hydrogen (secondary N) is 1. The van der Waals surface area contributed by atoms with Gasteiger partial charge in [0.15, 0.2) is 11.6 Å². The Bertz CT molecular complexity index is 1240. The van der Waals surface area contributed by atoms with E-state index in [-0.39, 0.29) is 35.6 Å². The van der Waals surface area contributed by atoms with Crippen LogP contribution in [0.4, 0.5) is 14.6 Å². The first-order valence-corrected chi connectivity index (χ1v) is 11.9. The molecule has 35 heavy (non-hydrogen) atoms. The lowest BCUT2D eigenvalue weighted by atomic mass is 9.96. The number of nitrogens with zero attached hydrogens (tertiary/aromatic N) is 5. The van der Waals surface area contributed by atoms with Crippen molar-refractivity contribution in [3.63, 3.8) is 0 Å². The monoisotopic (exact) mass is 480 g/mol. The number of aromatic nitrogens is 4. The van der Waals surface area contributed by atoms with Crippen molar-refractivity contribution in [1.29, 1.82) is 0 Å². The van der Waals surface area contributed by atoms with Crippen LogP contribution in [0.25, 0.3) is 22.5 Å². The van der Waals surface area contributed by atoms with Crippen LogP contribution in [-0.2, 0) is 0 Å². The van der Waals surface area contributed by atoms with Crippen molar-refractivity contribution in [3.05, 3.63) is 42.5 Å². The smallest absolute Gasteiger partial charge is 0.216 e. The molecule has 4 heterocycles. The number of phenols is 1. The summed E-state index contributed by atoms with van der Waals surface area (Å²) in [7, 11) is 1.41. The molecule has 2 bridgehead atoms. The SMILES string of the molecule is COc1cc(-c2ccc(-c3ncc(N(C4CC4)[C@H]4C[C@@H]5CC[C@@H](N5)[C@H]4F)nn3)c(O)c2)cc(F)n1. The predicted octanol–water partition coefficient (Wildman–Crippen LogP) is 3.65. The quantitative estimate of drug-likeness (QED) is 0.516. The minimum atomic E-state index is -0.955. The fourth-order valence-electron chi connectivity index (χ4n) is 5.38. The first-order valence-electron chi connectivity index (χ1n) is 11.9. The van der Waals surface area contributed by atoms with Crippen LogP contribution in [0, 0.1) is 5.95 Å². The Morgan fingerprint density at radius 1 is 1.09 bits per heavy atom. The molecule has 2 aliphatic heterocycles. The number of pyridine rings is 1. The van der Waals surface area contributed by atoms with Crippen molar-refractivity contribution in [3.8, 4) is 34.1 Å². The largest absolute Gasteiger partial charge is 0.507 e. The van der Waals surface area contributed by atoms with Gasteiger partial charge in [-0.25, -0.2) is 9.37 Å². The first kappa shape index (κ1) is 22.1. The highest BCUT2D eigenvalue weighted by Gasteiger charge is 2.48. The van der Waals surface area contributed by atoms with E-state index in [0.717, 1.165) is 32.1 Å². The normalized spacial score (nSPS) is 25.5. The van der Waals surface area contributed by atoms with Crippen molar-refractivity contribution >= 4 is 5.82 Å². The average molecular weight is 481 g/mol. The highest BCUT2D eigenvalue weighted by atomic mass is 19.1. The van der Waals surface area contributed by atoms with Crippen LogP contribution in [0.5, 0.6) is 11.6 Å². The van der Waals surface area contributed by atoms with E-state index in [4.69, 9.17) is 4.74 Å². The van der Waals surface area contributed by atoms with E-state index in [1.54, 1.807) is 24.4 Å². The van der Waals surface area contributed by atoms with Crippen molar-refractivity contribution in [1.82, 2.24) is 25.5 Å². The number of aromatic hydroxyl groups is 1. The second kappa shape index (κ2) is 8.67. The topological polar surface area (TPSA) is 96.3 Å². The van der Waals surface area contributed by atoms with E-state index in [0.29, 0.717) is 28.6 Å². The van der Waals surface area contributed by atoms with Gasteiger partial charge >= 0.3 is 0 Å².